The number of imidazole rings is 1. The van der Waals surface area contributed by atoms with Gasteiger partial charge in [-0.05, 0) is 17.7 Å². The van der Waals surface area contributed by atoms with Crippen molar-refractivity contribution in [3.63, 3.8) is 0 Å². The first-order valence-electron chi connectivity index (χ1n) is 7.92. The highest BCUT2D eigenvalue weighted by Gasteiger charge is 2.17. The Hall–Kier alpha value is -3.68. The van der Waals surface area contributed by atoms with Gasteiger partial charge in [-0.15, -0.1) is 0 Å². The molecule has 0 aliphatic rings. The third-order valence-electron chi connectivity index (χ3n) is 3.84. The van der Waals surface area contributed by atoms with Crippen molar-refractivity contribution in [2.24, 2.45) is 0 Å². The fourth-order valence-electron chi connectivity index (χ4n) is 2.51. The Morgan fingerprint density at radius 1 is 1.23 bits per heavy atom. The Morgan fingerprint density at radius 2 is 2.00 bits per heavy atom. The van der Waals surface area contributed by atoms with Crippen molar-refractivity contribution in [1.29, 1.82) is 0 Å². The Balaban J connectivity index is 1.76. The van der Waals surface area contributed by atoms with Crippen LogP contribution in [0.5, 0.6) is 0 Å². The number of anilines is 1. The van der Waals surface area contributed by atoms with Crippen molar-refractivity contribution in [2.45, 2.75) is 6.54 Å². The SMILES string of the molecule is CNC(=O)c1ccc(NCc2ncc(-c3ccccc3)[nH]2)c([N+](=O)[O-])c1. The second kappa shape index (κ2) is 7.47. The molecule has 0 atom stereocenters. The third kappa shape index (κ3) is 3.69. The van der Waals surface area contributed by atoms with Crippen LogP contribution < -0.4 is 10.6 Å². The monoisotopic (exact) mass is 351 g/mol. The van der Waals surface area contributed by atoms with Gasteiger partial charge in [-0.25, -0.2) is 4.98 Å². The van der Waals surface area contributed by atoms with Crippen LogP contribution in [-0.4, -0.2) is 27.8 Å². The van der Waals surface area contributed by atoms with Crippen molar-refractivity contribution in [1.82, 2.24) is 15.3 Å². The van der Waals surface area contributed by atoms with Gasteiger partial charge in [-0.3, -0.25) is 14.9 Å². The molecule has 1 aromatic heterocycles. The molecule has 0 bridgehead atoms. The van der Waals surface area contributed by atoms with Gasteiger partial charge in [-0.2, -0.15) is 0 Å². The molecular formula is C18H17N5O3. The molecule has 0 radical (unpaired) electrons. The number of H-pyrrole nitrogens is 1. The quantitative estimate of drug-likeness (QED) is 0.467. The predicted octanol–water partition coefficient (Wildman–Crippen LogP) is 2.96. The maximum Gasteiger partial charge on any atom is 0.293 e. The standard InChI is InChI=1S/C18H17N5O3/c1-19-18(24)13-7-8-14(16(9-13)23(25)26)20-11-17-21-10-15(22-17)12-5-3-2-4-6-12/h2-10,20H,11H2,1H3,(H,19,24)(H,21,22). The fraction of sp³-hybridized carbons (Fsp3) is 0.111. The lowest BCUT2D eigenvalue weighted by atomic mass is 10.1. The Labute approximate surface area is 149 Å². The lowest BCUT2D eigenvalue weighted by Gasteiger charge is -2.07. The number of amides is 1. The Morgan fingerprint density at radius 3 is 2.69 bits per heavy atom. The topological polar surface area (TPSA) is 113 Å². The summed E-state index contributed by atoms with van der Waals surface area (Å²) < 4.78 is 0. The highest BCUT2D eigenvalue weighted by Crippen LogP contribution is 2.26. The normalized spacial score (nSPS) is 10.3. The first kappa shape index (κ1) is 17.2. The maximum absolute atomic E-state index is 11.6. The summed E-state index contributed by atoms with van der Waals surface area (Å²) in [6.07, 6.45) is 1.72. The van der Waals surface area contributed by atoms with E-state index in [1.54, 1.807) is 6.20 Å². The lowest BCUT2D eigenvalue weighted by molar-refractivity contribution is -0.384. The summed E-state index contributed by atoms with van der Waals surface area (Å²) in [6.45, 7) is 0.285. The number of aromatic amines is 1. The molecule has 3 N–H and O–H groups in total. The zero-order valence-corrected chi connectivity index (χ0v) is 14.0. The Kier molecular flexibility index (Phi) is 4.93. The molecule has 0 aliphatic heterocycles. The van der Waals surface area contributed by atoms with E-state index in [0.717, 1.165) is 11.3 Å². The van der Waals surface area contributed by atoms with E-state index in [0.29, 0.717) is 11.5 Å². The van der Waals surface area contributed by atoms with Gasteiger partial charge in [-0.1, -0.05) is 30.3 Å². The number of hydrogen-bond acceptors (Lipinski definition) is 5. The maximum atomic E-state index is 11.6. The van der Waals surface area contributed by atoms with Gasteiger partial charge in [0.25, 0.3) is 11.6 Å². The average Bonchev–Trinajstić information content (AvgIpc) is 3.15. The first-order valence-corrected chi connectivity index (χ1v) is 7.92. The van der Waals surface area contributed by atoms with Crippen LogP contribution >= 0.6 is 0 Å². The average molecular weight is 351 g/mol. The van der Waals surface area contributed by atoms with E-state index in [4.69, 9.17) is 0 Å². The largest absolute Gasteiger partial charge is 0.372 e. The van der Waals surface area contributed by atoms with Crippen molar-refractivity contribution in [3.8, 4) is 11.3 Å². The van der Waals surface area contributed by atoms with Crippen molar-refractivity contribution < 1.29 is 9.72 Å². The summed E-state index contributed by atoms with van der Waals surface area (Å²) in [4.78, 5) is 29.9. The van der Waals surface area contributed by atoms with E-state index in [1.165, 1.54) is 25.2 Å². The number of rotatable bonds is 6. The van der Waals surface area contributed by atoms with Crippen LogP contribution in [0.3, 0.4) is 0 Å². The molecule has 132 valence electrons. The number of benzene rings is 2. The third-order valence-corrected chi connectivity index (χ3v) is 3.84. The summed E-state index contributed by atoms with van der Waals surface area (Å²) in [6, 6.07) is 14.0. The molecular weight excluding hydrogens is 334 g/mol. The molecule has 0 fully saturated rings. The van der Waals surface area contributed by atoms with Gasteiger partial charge < -0.3 is 15.6 Å². The highest BCUT2D eigenvalue weighted by molar-refractivity contribution is 5.95. The molecule has 26 heavy (non-hydrogen) atoms. The molecule has 1 heterocycles. The van der Waals surface area contributed by atoms with E-state index in [1.807, 2.05) is 30.3 Å². The zero-order valence-electron chi connectivity index (χ0n) is 14.0. The number of hydrogen-bond donors (Lipinski definition) is 3. The predicted molar refractivity (Wildman–Crippen MR) is 97.8 cm³/mol. The summed E-state index contributed by atoms with van der Waals surface area (Å²) in [7, 11) is 1.47. The molecule has 0 saturated heterocycles. The van der Waals surface area contributed by atoms with Gasteiger partial charge in [0, 0.05) is 18.7 Å². The van der Waals surface area contributed by atoms with Crippen LogP contribution in [0.1, 0.15) is 16.2 Å². The molecule has 3 aromatic rings. The first-order chi connectivity index (χ1) is 12.6. The minimum Gasteiger partial charge on any atom is -0.372 e. The molecule has 3 rings (SSSR count). The summed E-state index contributed by atoms with van der Waals surface area (Å²) in [5, 5.41) is 16.7. The summed E-state index contributed by atoms with van der Waals surface area (Å²) in [5.41, 5.74) is 2.26. The van der Waals surface area contributed by atoms with Crippen LogP contribution in [0.4, 0.5) is 11.4 Å². The van der Waals surface area contributed by atoms with E-state index in [9.17, 15) is 14.9 Å². The molecule has 0 spiro atoms. The molecule has 1 amide bonds. The van der Waals surface area contributed by atoms with E-state index in [2.05, 4.69) is 20.6 Å². The van der Waals surface area contributed by atoms with Crippen molar-refractivity contribution in [3.05, 3.63) is 76.2 Å². The van der Waals surface area contributed by atoms with Gasteiger partial charge in [0.1, 0.15) is 11.5 Å². The second-order valence-electron chi connectivity index (χ2n) is 5.53. The number of carbonyl (C=O) groups is 1. The summed E-state index contributed by atoms with van der Waals surface area (Å²) >= 11 is 0. The molecule has 0 unspecified atom stereocenters. The van der Waals surface area contributed by atoms with E-state index in [-0.39, 0.29) is 23.7 Å². The number of nitrogens with one attached hydrogen (secondary N) is 3. The Bertz CT molecular complexity index is 937. The van der Waals surface area contributed by atoms with Gasteiger partial charge in [0.2, 0.25) is 0 Å². The number of nitrogens with zero attached hydrogens (tertiary/aromatic N) is 2. The summed E-state index contributed by atoms with van der Waals surface area (Å²) in [5.74, 6) is 0.270. The number of nitro groups is 1. The number of aromatic nitrogens is 2. The van der Waals surface area contributed by atoms with Crippen LogP contribution in [0.2, 0.25) is 0 Å². The van der Waals surface area contributed by atoms with Crippen molar-refractivity contribution >= 4 is 17.3 Å². The lowest BCUT2D eigenvalue weighted by Crippen LogP contribution is -2.18. The molecule has 2 aromatic carbocycles. The van der Waals surface area contributed by atoms with Gasteiger partial charge in [0.05, 0.1) is 23.4 Å². The van der Waals surface area contributed by atoms with Crippen LogP contribution in [0.25, 0.3) is 11.3 Å². The second-order valence-corrected chi connectivity index (χ2v) is 5.53. The number of carbonyl (C=O) groups excluding carboxylic acids is 1. The highest BCUT2D eigenvalue weighted by atomic mass is 16.6. The number of nitro benzene ring substituents is 1. The molecule has 0 saturated carbocycles. The smallest absolute Gasteiger partial charge is 0.293 e. The zero-order chi connectivity index (χ0) is 18.5. The van der Waals surface area contributed by atoms with E-state index < -0.39 is 4.92 Å². The molecule has 8 nitrogen and oxygen atoms in total. The van der Waals surface area contributed by atoms with Crippen LogP contribution in [-0.2, 0) is 6.54 Å². The minimum absolute atomic E-state index is 0.166. The fourth-order valence-corrected chi connectivity index (χ4v) is 2.51. The van der Waals surface area contributed by atoms with Gasteiger partial charge >= 0.3 is 0 Å². The molecule has 0 aliphatic carbocycles. The van der Waals surface area contributed by atoms with E-state index >= 15 is 0 Å². The molecule has 8 heteroatoms. The van der Waals surface area contributed by atoms with Crippen molar-refractivity contribution in [2.75, 3.05) is 12.4 Å². The van der Waals surface area contributed by atoms with Gasteiger partial charge in [0.15, 0.2) is 0 Å². The van der Waals surface area contributed by atoms with Crippen LogP contribution in [0.15, 0.2) is 54.7 Å². The van der Waals surface area contributed by atoms with Crippen LogP contribution in [0, 0.1) is 10.1 Å². The minimum atomic E-state index is -0.522.